The summed E-state index contributed by atoms with van der Waals surface area (Å²) in [5.74, 6) is 5.23. The third-order valence-electron chi connectivity index (χ3n) is 4.79. The van der Waals surface area contributed by atoms with Crippen LogP contribution in [0.15, 0.2) is 24.3 Å². The number of nitrogens with one attached hydrogen (secondary N) is 2. The van der Waals surface area contributed by atoms with Gasteiger partial charge in [0.05, 0.1) is 4.75 Å². The van der Waals surface area contributed by atoms with E-state index >= 15 is 0 Å². The van der Waals surface area contributed by atoms with Gasteiger partial charge < -0.3 is 10.4 Å². The van der Waals surface area contributed by atoms with Crippen LogP contribution in [0.3, 0.4) is 0 Å². The largest absolute Gasteiger partial charge is 0.396 e. The molecule has 0 radical (unpaired) electrons. The Morgan fingerprint density at radius 3 is 2.44 bits per heavy atom. The van der Waals surface area contributed by atoms with E-state index in [0.717, 1.165) is 12.0 Å². The van der Waals surface area contributed by atoms with Crippen molar-refractivity contribution in [2.24, 2.45) is 11.8 Å². The third kappa shape index (κ3) is 5.16. The monoisotopic (exact) mass is 392 g/mol. The van der Waals surface area contributed by atoms with Crippen molar-refractivity contribution in [3.8, 4) is 11.8 Å². The van der Waals surface area contributed by atoms with E-state index < -0.39 is 33.4 Å². The van der Waals surface area contributed by atoms with E-state index in [9.17, 15) is 13.8 Å². The van der Waals surface area contributed by atoms with Gasteiger partial charge >= 0.3 is 0 Å². The van der Waals surface area contributed by atoms with Crippen LogP contribution in [-0.4, -0.2) is 50.0 Å². The molecule has 2 rings (SSSR count). The van der Waals surface area contributed by atoms with Crippen molar-refractivity contribution < 1.29 is 24.1 Å². The summed E-state index contributed by atoms with van der Waals surface area (Å²) < 4.78 is 10.9. The Labute approximate surface area is 161 Å². The van der Waals surface area contributed by atoms with Gasteiger partial charge in [-0.15, -0.1) is 0 Å². The van der Waals surface area contributed by atoms with Crippen molar-refractivity contribution in [3.63, 3.8) is 0 Å². The van der Waals surface area contributed by atoms with Crippen LogP contribution in [0.25, 0.3) is 0 Å². The topological polar surface area (TPSA) is 116 Å². The Morgan fingerprint density at radius 2 is 1.96 bits per heavy atom. The maximum Gasteiger partial charge on any atom is 0.267 e. The number of rotatable bonds is 6. The second-order valence-electron chi connectivity index (χ2n) is 7.07. The lowest BCUT2D eigenvalue weighted by atomic mass is 10.0. The first-order chi connectivity index (χ1) is 12.7. The fourth-order valence-corrected chi connectivity index (χ4v) is 3.01. The third-order valence-corrected chi connectivity index (χ3v) is 6.51. The molecule has 1 aliphatic carbocycles. The van der Waals surface area contributed by atoms with E-state index in [0.29, 0.717) is 5.56 Å². The fourth-order valence-electron chi connectivity index (χ4n) is 2.51. The normalized spacial score (nSPS) is 20.6. The van der Waals surface area contributed by atoms with Gasteiger partial charge in [-0.1, -0.05) is 11.8 Å². The van der Waals surface area contributed by atoms with Crippen LogP contribution in [0.2, 0.25) is 0 Å². The highest BCUT2D eigenvalue weighted by Crippen LogP contribution is 2.36. The summed E-state index contributed by atoms with van der Waals surface area (Å²) in [5, 5.41) is 20.5. The summed E-state index contributed by atoms with van der Waals surface area (Å²) in [6, 6.07) is 5.38. The van der Waals surface area contributed by atoms with Crippen molar-refractivity contribution in [3.05, 3.63) is 35.4 Å². The van der Waals surface area contributed by atoms with Crippen LogP contribution in [-0.2, 0) is 15.6 Å². The second-order valence-corrected chi connectivity index (χ2v) is 9.03. The summed E-state index contributed by atoms with van der Waals surface area (Å²) >= 11 is 0. The van der Waals surface area contributed by atoms with E-state index in [2.05, 4.69) is 17.2 Å². The Bertz CT molecular complexity index is 795. The smallest absolute Gasteiger partial charge is 0.267 e. The van der Waals surface area contributed by atoms with E-state index in [-0.39, 0.29) is 18.4 Å². The number of aliphatic hydroxyl groups excluding tert-OH is 1. The van der Waals surface area contributed by atoms with Gasteiger partial charge in [-0.2, -0.15) is 0 Å². The summed E-state index contributed by atoms with van der Waals surface area (Å²) in [5.41, 5.74) is 2.57. The molecule has 1 aliphatic rings. The molecule has 0 bridgehead atoms. The SMILES string of the molecule is CS(=O)C(C)(C)[C@H](NC(=O)c1ccc(C#C[C@H]2C[C@@H]2CO)cc1)C(=O)NO. The Balaban J connectivity index is 2.09. The molecule has 27 heavy (non-hydrogen) atoms. The first kappa shape index (κ1) is 21.1. The van der Waals surface area contributed by atoms with E-state index in [4.69, 9.17) is 10.3 Å². The number of hydrogen-bond donors (Lipinski definition) is 4. The maximum atomic E-state index is 12.5. The zero-order valence-corrected chi connectivity index (χ0v) is 16.3. The molecule has 7 nitrogen and oxygen atoms in total. The van der Waals surface area contributed by atoms with E-state index in [1.807, 2.05) is 0 Å². The maximum absolute atomic E-state index is 12.5. The Morgan fingerprint density at radius 1 is 1.33 bits per heavy atom. The highest BCUT2D eigenvalue weighted by molar-refractivity contribution is 7.85. The first-order valence-electron chi connectivity index (χ1n) is 8.51. The lowest BCUT2D eigenvalue weighted by Gasteiger charge is -2.31. The molecule has 4 N–H and O–H groups in total. The van der Waals surface area contributed by atoms with Crippen molar-refractivity contribution >= 4 is 22.6 Å². The molecule has 1 saturated carbocycles. The minimum absolute atomic E-state index is 0.153. The molecule has 2 amide bonds. The average molecular weight is 392 g/mol. The van der Waals surface area contributed by atoms with Crippen LogP contribution >= 0.6 is 0 Å². The number of carbonyl (C=O) groups excluding carboxylic acids is 2. The molecule has 0 heterocycles. The van der Waals surface area contributed by atoms with Gasteiger partial charge in [-0.3, -0.25) is 19.0 Å². The number of amides is 2. The van der Waals surface area contributed by atoms with E-state index in [1.54, 1.807) is 38.1 Å². The lowest BCUT2D eigenvalue weighted by Crippen LogP contribution is -2.58. The Kier molecular flexibility index (Phi) is 6.76. The molecule has 4 atom stereocenters. The zero-order chi connectivity index (χ0) is 20.2. The van der Waals surface area contributed by atoms with Crippen molar-refractivity contribution in [1.82, 2.24) is 10.8 Å². The summed E-state index contributed by atoms with van der Waals surface area (Å²) in [6.45, 7) is 3.29. The van der Waals surface area contributed by atoms with Gasteiger partial charge in [0.15, 0.2) is 0 Å². The van der Waals surface area contributed by atoms with Crippen LogP contribution < -0.4 is 10.8 Å². The molecule has 1 fully saturated rings. The average Bonchev–Trinajstić information content (AvgIpc) is 3.42. The first-order valence-corrected chi connectivity index (χ1v) is 10.1. The zero-order valence-electron chi connectivity index (χ0n) is 15.5. The summed E-state index contributed by atoms with van der Waals surface area (Å²) in [7, 11) is -1.43. The minimum Gasteiger partial charge on any atom is -0.396 e. The standard InChI is InChI=1S/C19H24N2O5S/c1-19(2,27(3)26)16(18(24)21-25)20-17(23)13-7-4-12(5-8-13)6-9-14-10-15(14)11-22/h4-5,7-8,14-16,22,25H,10-11H2,1-3H3,(H,20,23)(H,21,24)/t14-,15+,16+,27?/m0/s1. The number of hydroxylamine groups is 1. The number of aliphatic hydroxyl groups is 1. The highest BCUT2D eigenvalue weighted by Gasteiger charge is 2.40. The van der Waals surface area contributed by atoms with Crippen molar-refractivity contribution in [2.45, 2.75) is 31.1 Å². The van der Waals surface area contributed by atoms with Gasteiger partial charge in [0.2, 0.25) is 0 Å². The Hall–Kier alpha value is -2.21. The van der Waals surface area contributed by atoms with Crippen LogP contribution in [0, 0.1) is 23.7 Å². The molecule has 1 aromatic rings. The van der Waals surface area contributed by atoms with Crippen LogP contribution in [0.5, 0.6) is 0 Å². The van der Waals surface area contributed by atoms with Gasteiger partial charge in [0.25, 0.3) is 11.8 Å². The molecular weight excluding hydrogens is 368 g/mol. The molecule has 8 heteroatoms. The van der Waals surface area contributed by atoms with Crippen molar-refractivity contribution in [2.75, 3.05) is 12.9 Å². The van der Waals surface area contributed by atoms with E-state index in [1.165, 1.54) is 11.7 Å². The summed E-state index contributed by atoms with van der Waals surface area (Å²) in [4.78, 5) is 24.4. The predicted octanol–water partition coefficient (Wildman–Crippen LogP) is 0.427. The number of benzene rings is 1. The molecule has 1 aromatic carbocycles. The highest BCUT2D eigenvalue weighted by atomic mass is 32.2. The second kappa shape index (κ2) is 8.65. The van der Waals surface area contributed by atoms with Crippen LogP contribution in [0.4, 0.5) is 0 Å². The summed E-state index contributed by atoms with van der Waals surface area (Å²) in [6.07, 6.45) is 2.34. The molecular formula is C19H24N2O5S. The molecule has 1 unspecified atom stereocenters. The van der Waals surface area contributed by atoms with Gasteiger partial charge in [0.1, 0.15) is 6.04 Å². The van der Waals surface area contributed by atoms with Gasteiger partial charge in [0, 0.05) is 40.7 Å². The molecule has 0 aromatic heterocycles. The van der Waals surface area contributed by atoms with Crippen molar-refractivity contribution in [1.29, 1.82) is 0 Å². The molecule has 0 aliphatic heterocycles. The van der Waals surface area contributed by atoms with Gasteiger partial charge in [-0.25, -0.2) is 5.48 Å². The lowest BCUT2D eigenvalue weighted by molar-refractivity contribution is -0.131. The van der Waals surface area contributed by atoms with Crippen LogP contribution in [0.1, 0.15) is 36.2 Å². The number of hydrogen-bond acceptors (Lipinski definition) is 5. The predicted molar refractivity (Wildman–Crippen MR) is 101 cm³/mol. The molecule has 146 valence electrons. The quantitative estimate of drug-likeness (QED) is 0.318. The van der Waals surface area contributed by atoms with Gasteiger partial charge in [-0.05, 0) is 50.5 Å². The molecule has 0 spiro atoms. The fraction of sp³-hybridized carbons (Fsp3) is 0.474. The minimum atomic E-state index is -1.43. The molecule has 0 saturated heterocycles. The number of carbonyl (C=O) groups is 2.